The number of aromatic amines is 1. The predicted molar refractivity (Wildman–Crippen MR) is 104 cm³/mol. The van der Waals surface area contributed by atoms with Gasteiger partial charge in [-0.3, -0.25) is 9.69 Å². The summed E-state index contributed by atoms with van der Waals surface area (Å²) >= 11 is 0. The second kappa shape index (κ2) is 6.27. The van der Waals surface area contributed by atoms with Gasteiger partial charge in [-0.25, -0.2) is 4.98 Å². The van der Waals surface area contributed by atoms with E-state index in [1.807, 2.05) is 12.3 Å². The van der Waals surface area contributed by atoms with E-state index in [1.54, 1.807) is 6.20 Å². The van der Waals surface area contributed by atoms with Gasteiger partial charge in [0.15, 0.2) is 0 Å². The van der Waals surface area contributed by atoms with Crippen LogP contribution in [-0.4, -0.2) is 45.4 Å². The van der Waals surface area contributed by atoms with Crippen molar-refractivity contribution >= 4 is 22.6 Å². The average Bonchev–Trinajstić information content (AvgIpc) is 3.09. The van der Waals surface area contributed by atoms with Gasteiger partial charge >= 0.3 is 0 Å². The normalized spacial score (nSPS) is 26.3. The molecule has 2 fully saturated rings. The Morgan fingerprint density at radius 3 is 2.65 bits per heavy atom. The van der Waals surface area contributed by atoms with Gasteiger partial charge in [0.2, 0.25) is 0 Å². The van der Waals surface area contributed by atoms with Gasteiger partial charge in [0.25, 0.3) is 5.91 Å². The smallest absolute Gasteiger partial charge is 0.252 e. The van der Waals surface area contributed by atoms with Crippen LogP contribution in [0, 0.1) is 5.41 Å². The molecular formula is C20H29N5O. The highest BCUT2D eigenvalue weighted by Gasteiger charge is 2.42. The fraction of sp³-hybridized carbons (Fsp3) is 0.600. The lowest BCUT2D eigenvalue weighted by atomic mass is 9.90. The van der Waals surface area contributed by atoms with Crippen LogP contribution in [0.2, 0.25) is 0 Å². The number of primary amides is 1. The summed E-state index contributed by atoms with van der Waals surface area (Å²) in [5, 5.41) is 4.59. The van der Waals surface area contributed by atoms with Crippen LogP contribution in [-0.2, 0) is 0 Å². The average molecular weight is 355 g/mol. The van der Waals surface area contributed by atoms with Gasteiger partial charge in [-0.15, -0.1) is 0 Å². The Morgan fingerprint density at radius 1 is 1.35 bits per heavy atom. The number of hydrogen-bond donors (Lipinski definition) is 3. The number of amides is 1. The molecule has 2 aromatic heterocycles. The maximum Gasteiger partial charge on any atom is 0.252 e. The van der Waals surface area contributed by atoms with Crippen molar-refractivity contribution in [1.82, 2.24) is 14.9 Å². The van der Waals surface area contributed by atoms with Crippen molar-refractivity contribution in [3.63, 3.8) is 0 Å². The highest BCUT2D eigenvalue weighted by molar-refractivity contribution is 6.05. The molecule has 0 aromatic carbocycles. The molecular weight excluding hydrogens is 326 g/mol. The van der Waals surface area contributed by atoms with Crippen molar-refractivity contribution in [1.29, 1.82) is 0 Å². The van der Waals surface area contributed by atoms with Crippen molar-refractivity contribution in [3.05, 3.63) is 24.0 Å². The molecule has 2 saturated heterocycles. The molecule has 140 valence electrons. The summed E-state index contributed by atoms with van der Waals surface area (Å²) < 4.78 is 0. The second-order valence-corrected chi connectivity index (χ2v) is 9.08. The summed E-state index contributed by atoms with van der Waals surface area (Å²) in [7, 11) is 0. The summed E-state index contributed by atoms with van der Waals surface area (Å²) in [6.45, 7) is 8.10. The largest absolute Gasteiger partial charge is 0.381 e. The van der Waals surface area contributed by atoms with Crippen molar-refractivity contribution in [2.24, 2.45) is 11.1 Å². The van der Waals surface area contributed by atoms with Crippen LogP contribution >= 0.6 is 0 Å². The molecule has 3 atom stereocenters. The maximum absolute atomic E-state index is 11.9. The van der Waals surface area contributed by atoms with E-state index in [2.05, 4.69) is 41.0 Å². The highest BCUT2D eigenvalue weighted by Crippen LogP contribution is 2.39. The summed E-state index contributed by atoms with van der Waals surface area (Å²) in [4.78, 5) is 22.0. The lowest BCUT2D eigenvalue weighted by molar-refractivity contribution is 0.0905. The first kappa shape index (κ1) is 17.3. The molecule has 1 unspecified atom stereocenters. The van der Waals surface area contributed by atoms with E-state index < -0.39 is 5.91 Å². The Balaban J connectivity index is 1.57. The predicted octanol–water partition coefficient (Wildman–Crippen LogP) is 3.12. The number of aromatic nitrogens is 2. The molecule has 2 aliphatic heterocycles. The van der Waals surface area contributed by atoms with Crippen molar-refractivity contribution in [3.8, 4) is 0 Å². The number of nitrogens with zero attached hydrogens (tertiary/aromatic N) is 2. The SMILES string of the molecule is CC(C)(C)CN1[C@@H]2CC[C@H]1CC(Nc1c(C(N)=O)cnc3[nH]ccc13)C2. The molecule has 2 aliphatic rings. The summed E-state index contributed by atoms with van der Waals surface area (Å²) in [5.74, 6) is -0.434. The third kappa shape index (κ3) is 3.18. The third-order valence-corrected chi connectivity index (χ3v) is 5.74. The molecule has 4 heterocycles. The number of H-pyrrole nitrogens is 1. The van der Waals surface area contributed by atoms with Gasteiger partial charge in [-0.1, -0.05) is 20.8 Å². The molecule has 26 heavy (non-hydrogen) atoms. The molecule has 4 N–H and O–H groups in total. The fourth-order valence-electron chi connectivity index (χ4n) is 4.75. The highest BCUT2D eigenvalue weighted by atomic mass is 16.1. The minimum Gasteiger partial charge on any atom is -0.381 e. The molecule has 6 nitrogen and oxygen atoms in total. The quantitative estimate of drug-likeness (QED) is 0.786. The fourth-order valence-corrected chi connectivity index (χ4v) is 4.75. The Bertz CT molecular complexity index is 807. The van der Waals surface area contributed by atoms with Crippen LogP contribution < -0.4 is 11.1 Å². The molecule has 2 bridgehead atoms. The molecule has 0 spiro atoms. The van der Waals surface area contributed by atoms with Gasteiger partial charge < -0.3 is 16.0 Å². The van der Waals surface area contributed by atoms with E-state index in [0.29, 0.717) is 29.1 Å². The van der Waals surface area contributed by atoms with E-state index in [9.17, 15) is 4.79 Å². The Hall–Kier alpha value is -2.08. The lowest BCUT2D eigenvalue weighted by Crippen LogP contribution is -2.49. The molecule has 0 aliphatic carbocycles. The summed E-state index contributed by atoms with van der Waals surface area (Å²) in [6.07, 6.45) is 8.20. The van der Waals surface area contributed by atoms with Gasteiger partial charge in [0.1, 0.15) is 5.65 Å². The van der Waals surface area contributed by atoms with Crippen LogP contribution in [0.4, 0.5) is 5.69 Å². The number of fused-ring (bicyclic) bond motifs is 3. The number of carbonyl (C=O) groups is 1. The molecule has 2 aromatic rings. The number of piperidine rings is 1. The number of nitrogens with two attached hydrogens (primary N) is 1. The minimum atomic E-state index is -0.434. The zero-order valence-corrected chi connectivity index (χ0v) is 15.9. The molecule has 1 amide bonds. The monoisotopic (exact) mass is 355 g/mol. The zero-order valence-electron chi connectivity index (χ0n) is 15.9. The molecule has 0 saturated carbocycles. The number of hydrogen-bond acceptors (Lipinski definition) is 4. The Morgan fingerprint density at radius 2 is 2.04 bits per heavy atom. The number of nitrogens with one attached hydrogen (secondary N) is 2. The first-order chi connectivity index (χ1) is 12.3. The zero-order chi connectivity index (χ0) is 18.5. The first-order valence-corrected chi connectivity index (χ1v) is 9.60. The summed E-state index contributed by atoms with van der Waals surface area (Å²) in [6, 6.07) is 3.58. The minimum absolute atomic E-state index is 0.322. The van der Waals surface area contributed by atoms with E-state index in [0.717, 1.165) is 36.1 Å². The van der Waals surface area contributed by atoms with Gasteiger partial charge in [0.05, 0.1) is 11.3 Å². The van der Waals surface area contributed by atoms with Crippen molar-refractivity contribution in [2.45, 2.75) is 64.6 Å². The third-order valence-electron chi connectivity index (χ3n) is 5.74. The number of pyridine rings is 1. The van der Waals surface area contributed by atoms with E-state index in [-0.39, 0.29) is 0 Å². The maximum atomic E-state index is 11.9. The van der Waals surface area contributed by atoms with Crippen molar-refractivity contribution < 1.29 is 4.79 Å². The first-order valence-electron chi connectivity index (χ1n) is 9.60. The van der Waals surface area contributed by atoms with Gasteiger partial charge in [-0.2, -0.15) is 0 Å². The van der Waals surface area contributed by atoms with Crippen LogP contribution in [0.3, 0.4) is 0 Å². The van der Waals surface area contributed by atoms with Crippen molar-refractivity contribution in [2.75, 3.05) is 11.9 Å². The standard InChI is InChI=1S/C20H29N5O/c1-20(2,3)11-25-13-4-5-14(25)9-12(8-13)24-17-15-6-7-22-19(15)23-10-16(17)18(21)26/h6-7,10,12-14H,4-5,8-9,11H2,1-3H3,(H2,21,26)(H2,22,23,24)/t12?,13-,14+. The number of carbonyl (C=O) groups excluding carboxylic acids is 1. The second-order valence-electron chi connectivity index (χ2n) is 9.08. The molecule has 0 radical (unpaired) electrons. The molecule has 4 rings (SSSR count). The van der Waals surface area contributed by atoms with Crippen LogP contribution in [0.5, 0.6) is 0 Å². The Labute approximate surface area is 154 Å². The van der Waals surface area contributed by atoms with E-state index in [4.69, 9.17) is 5.73 Å². The van der Waals surface area contributed by atoms with Crippen LogP contribution in [0.15, 0.2) is 18.5 Å². The van der Waals surface area contributed by atoms with Crippen LogP contribution in [0.25, 0.3) is 11.0 Å². The topological polar surface area (TPSA) is 87.0 Å². The van der Waals surface area contributed by atoms with Crippen LogP contribution in [0.1, 0.15) is 56.8 Å². The Kier molecular flexibility index (Phi) is 4.18. The number of anilines is 1. The van der Waals surface area contributed by atoms with E-state index >= 15 is 0 Å². The van der Waals surface area contributed by atoms with Gasteiger partial charge in [-0.05, 0) is 37.2 Å². The van der Waals surface area contributed by atoms with Gasteiger partial charge in [0, 0.05) is 42.5 Å². The number of rotatable bonds is 4. The molecule has 6 heteroatoms. The summed E-state index contributed by atoms with van der Waals surface area (Å²) in [5.41, 5.74) is 8.01. The lowest BCUT2D eigenvalue weighted by Gasteiger charge is -2.42. The van der Waals surface area contributed by atoms with E-state index in [1.165, 1.54) is 12.8 Å².